The Morgan fingerprint density at radius 1 is 0.964 bits per heavy atom. The number of likely N-dealkylation sites (tertiary alicyclic amines) is 1. The molecule has 7 nitrogen and oxygen atoms in total. The van der Waals surface area contributed by atoms with Crippen LogP contribution < -0.4 is 0 Å². The molecular formula is C21H25N5O2. The van der Waals surface area contributed by atoms with Crippen molar-refractivity contribution in [3.8, 4) is 5.69 Å². The Labute approximate surface area is 164 Å². The van der Waals surface area contributed by atoms with Crippen molar-refractivity contribution >= 4 is 0 Å². The molecule has 0 radical (unpaired) electrons. The third-order valence-corrected chi connectivity index (χ3v) is 5.59. The molecule has 2 aliphatic heterocycles. The van der Waals surface area contributed by atoms with Gasteiger partial charge in [0.2, 0.25) is 11.8 Å². The average Bonchev–Trinajstić information content (AvgIpc) is 3.50. The van der Waals surface area contributed by atoms with E-state index in [0.717, 1.165) is 50.3 Å². The first kappa shape index (κ1) is 17.6. The molecule has 5 rings (SSSR count). The lowest BCUT2D eigenvalue weighted by Gasteiger charge is -2.32. The van der Waals surface area contributed by atoms with Crippen LogP contribution >= 0.6 is 0 Å². The van der Waals surface area contributed by atoms with Crippen LogP contribution in [0.5, 0.6) is 0 Å². The molecule has 0 amide bonds. The van der Waals surface area contributed by atoms with Crippen LogP contribution in [0, 0.1) is 0 Å². The van der Waals surface area contributed by atoms with Crippen molar-refractivity contribution in [2.24, 2.45) is 0 Å². The number of hydrogen-bond donors (Lipinski definition) is 0. The number of rotatable bonds is 5. The molecule has 4 heterocycles. The minimum Gasteiger partial charge on any atom is -0.421 e. The summed E-state index contributed by atoms with van der Waals surface area (Å²) in [6.45, 7) is 2.57. The van der Waals surface area contributed by atoms with Crippen molar-refractivity contribution in [1.82, 2.24) is 24.9 Å². The van der Waals surface area contributed by atoms with E-state index in [9.17, 15) is 0 Å². The van der Waals surface area contributed by atoms with Gasteiger partial charge in [-0.3, -0.25) is 4.90 Å². The van der Waals surface area contributed by atoms with E-state index >= 15 is 0 Å². The fraction of sp³-hybridized carbons (Fsp3) is 0.476. The lowest BCUT2D eigenvalue weighted by Crippen LogP contribution is -2.33. The molecule has 0 saturated carbocycles. The van der Waals surface area contributed by atoms with E-state index in [4.69, 9.17) is 14.3 Å². The van der Waals surface area contributed by atoms with Gasteiger partial charge in [0.1, 0.15) is 6.10 Å². The molecule has 28 heavy (non-hydrogen) atoms. The van der Waals surface area contributed by atoms with Gasteiger partial charge in [0.25, 0.3) is 0 Å². The number of benzene rings is 1. The average molecular weight is 379 g/mol. The Balaban J connectivity index is 1.32. The molecule has 0 aliphatic carbocycles. The van der Waals surface area contributed by atoms with Gasteiger partial charge in [-0.25, -0.2) is 4.68 Å². The molecule has 146 valence electrons. The van der Waals surface area contributed by atoms with Gasteiger partial charge in [0, 0.05) is 19.3 Å². The standard InChI is InChI=1S/C21H25N5O2/c1-2-7-17(8-3-1)26-13-11-16(24-26)15-25-12-5-4-9-18(25)20-22-23-21(28-20)19-10-6-14-27-19/h1-3,7-8,11,13,18-19H,4-6,9-10,12,14-15H2/t18?,19-/m1/s1. The van der Waals surface area contributed by atoms with Crippen LogP contribution in [-0.2, 0) is 11.3 Å². The van der Waals surface area contributed by atoms with Crippen LogP contribution in [0.2, 0.25) is 0 Å². The molecule has 2 aromatic heterocycles. The van der Waals surface area contributed by atoms with Crippen LogP contribution in [0.4, 0.5) is 0 Å². The van der Waals surface area contributed by atoms with E-state index < -0.39 is 0 Å². The van der Waals surface area contributed by atoms with Crippen molar-refractivity contribution in [2.75, 3.05) is 13.2 Å². The molecule has 0 N–H and O–H groups in total. The highest BCUT2D eigenvalue weighted by Crippen LogP contribution is 2.34. The predicted octanol–water partition coefficient (Wildman–Crippen LogP) is 3.83. The van der Waals surface area contributed by atoms with Crippen molar-refractivity contribution in [3.63, 3.8) is 0 Å². The largest absolute Gasteiger partial charge is 0.421 e. The van der Waals surface area contributed by atoms with E-state index in [0.29, 0.717) is 11.8 Å². The van der Waals surface area contributed by atoms with Crippen LogP contribution in [0.25, 0.3) is 5.69 Å². The number of nitrogens with zero attached hydrogens (tertiary/aromatic N) is 5. The second kappa shape index (κ2) is 7.85. The summed E-state index contributed by atoms with van der Waals surface area (Å²) in [7, 11) is 0. The quantitative estimate of drug-likeness (QED) is 0.671. The van der Waals surface area contributed by atoms with E-state index in [1.807, 2.05) is 29.1 Å². The van der Waals surface area contributed by atoms with Gasteiger partial charge >= 0.3 is 0 Å². The smallest absolute Gasteiger partial charge is 0.245 e. The van der Waals surface area contributed by atoms with Crippen molar-refractivity contribution in [1.29, 1.82) is 0 Å². The van der Waals surface area contributed by atoms with Crippen LogP contribution in [0.15, 0.2) is 47.0 Å². The van der Waals surface area contributed by atoms with Gasteiger partial charge in [0.05, 0.1) is 17.4 Å². The highest BCUT2D eigenvalue weighted by molar-refractivity contribution is 5.30. The molecule has 0 bridgehead atoms. The molecule has 2 saturated heterocycles. The highest BCUT2D eigenvalue weighted by atomic mass is 16.5. The molecule has 3 aromatic rings. The zero-order valence-electron chi connectivity index (χ0n) is 15.9. The van der Waals surface area contributed by atoms with Crippen LogP contribution in [-0.4, -0.2) is 38.0 Å². The van der Waals surface area contributed by atoms with Gasteiger partial charge in [-0.15, -0.1) is 10.2 Å². The number of hydrogen-bond acceptors (Lipinski definition) is 6. The van der Waals surface area contributed by atoms with Crippen molar-refractivity contribution < 1.29 is 9.15 Å². The maximum atomic E-state index is 6.04. The van der Waals surface area contributed by atoms with Gasteiger partial charge in [0.15, 0.2) is 0 Å². The van der Waals surface area contributed by atoms with Gasteiger partial charge in [-0.2, -0.15) is 5.10 Å². The molecule has 1 aromatic carbocycles. The predicted molar refractivity (Wildman–Crippen MR) is 103 cm³/mol. The Morgan fingerprint density at radius 2 is 1.86 bits per heavy atom. The number of aromatic nitrogens is 4. The molecule has 2 atom stereocenters. The van der Waals surface area contributed by atoms with E-state index in [-0.39, 0.29) is 12.1 Å². The van der Waals surface area contributed by atoms with Crippen molar-refractivity contribution in [2.45, 2.75) is 50.8 Å². The Morgan fingerprint density at radius 3 is 2.71 bits per heavy atom. The summed E-state index contributed by atoms with van der Waals surface area (Å²) in [5.74, 6) is 1.35. The Hall–Kier alpha value is -2.51. The normalized spacial score (nSPS) is 23.3. The SMILES string of the molecule is c1ccc(-n2ccc(CN3CCCCC3c3nnc([C@H]4CCCO4)o3)n2)cc1. The monoisotopic (exact) mass is 379 g/mol. The minimum atomic E-state index is -0.0279. The molecule has 2 fully saturated rings. The lowest BCUT2D eigenvalue weighted by molar-refractivity contribution is 0.0792. The summed E-state index contributed by atoms with van der Waals surface area (Å²) in [5.41, 5.74) is 2.12. The lowest BCUT2D eigenvalue weighted by atomic mass is 10.0. The molecule has 7 heteroatoms. The van der Waals surface area contributed by atoms with Gasteiger partial charge in [-0.1, -0.05) is 24.6 Å². The van der Waals surface area contributed by atoms with E-state index in [2.05, 4.69) is 33.3 Å². The molecule has 1 unspecified atom stereocenters. The zero-order chi connectivity index (χ0) is 18.8. The topological polar surface area (TPSA) is 69.2 Å². The first-order valence-corrected chi connectivity index (χ1v) is 10.2. The zero-order valence-corrected chi connectivity index (χ0v) is 15.9. The Bertz CT molecular complexity index is 900. The first-order valence-electron chi connectivity index (χ1n) is 10.2. The summed E-state index contributed by atoms with van der Waals surface area (Å²) >= 11 is 0. The maximum Gasteiger partial charge on any atom is 0.245 e. The molecular weight excluding hydrogens is 354 g/mol. The molecule has 2 aliphatic rings. The fourth-order valence-corrected chi connectivity index (χ4v) is 4.12. The summed E-state index contributed by atoms with van der Waals surface area (Å²) in [4.78, 5) is 2.41. The minimum absolute atomic E-state index is 0.0279. The van der Waals surface area contributed by atoms with Gasteiger partial charge in [-0.05, 0) is 50.4 Å². The molecule has 0 spiro atoms. The van der Waals surface area contributed by atoms with Crippen molar-refractivity contribution in [3.05, 3.63) is 60.1 Å². The second-order valence-corrected chi connectivity index (χ2v) is 7.55. The van der Waals surface area contributed by atoms with E-state index in [1.54, 1.807) is 0 Å². The second-order valence-electron chi connectivity index (χ2n) is 7.55. The first-order chi connectivity index (χ1) is 13.9. The number of piperidine rings is 1. The van der Waals surface area contributed by atoms with E-state index in [1.165, 1.54) is 12.8 Å². The van der Waals surface area contributed by atoms with Gasteiger partial charge < -0.3 is 9.15 Å². The third-order valence-electron chi connectivity index (χ3n) is 5.59. The van der Waals surface area contributed by atoms with Crippen LogP contribution in [0.3, 0.4) is 0 Å². The summed E-state index contributed by atoms with van der Waals surface area (Å²) in [6, 6.07) is 12.4. The number of para-hydroxylation sites is 1. The Kier molecular flexibility index (Phi) is 4.93. The number of ether oxygens (including phenoxy) is 1. The highest BCUT2D eigenvalue weighted by Gasteiger charge is 2.31. The van der Waals surface area contributed by atoms with Crippen LogP contribution in [0.1, 0.15) is 61.7 Å². The summed E-state index contributed by atoms with van der Waals surface area (Å²) in [5, 5.41) is 13.4. The fourth-order valence-electron chi connectivity index (χ4n) is 4.12. The summed E-state index contributed by atoms with van der Waals surface area (Å²) < 4.78 is 13.6. The summed E-state index contributed by atoms with van der Waals surface area (Å²) in [6.07, 6.45) is 7.41. The maximum absolute atomic E-state index is 6.04. The third kappa shape index (κ3) is 3.59.